The number of ether oxygens (including phenoxy) is 5. The number of imidazole rings is 1. The van der Waals surface area contributed by atoms with Gasteiger partial charge < -0.3 is 38.9 Å². The molecule has 0 aliphatic rings. The van der Waals surface area contributed by atoms with Crippen molar-refractivity contribution < 1.29 is 56.8 Å². The van der Waals surface area contributed by atoms with Crippen LogP contribution < -0.4 is 5.73 Å². The Morgan fingerprint density at radius 1 is 1.05 bits per heavy atom. The van der Waals surface area contributed by atoms with Gasteiger partial charge >= 0.3 is 20.1 Å². The van der Waals surface area contributed by atoms with Crippen LogP contribution in [0.4, 0.5) is 15.4 Å². The van der Waals surface area contributed by atoms with Gasteiger partial charge in [0.15, 0.2) is 11.5 Å². The molecule has 17 nitrogen and oxygen atoms in total. The minimum atomic E-state index is -4.91. The third kappa shape index (κ3) is 10.8. The second kappa shape index (κ2) is 14.0. The van der Waals surface area contributed by atoms with E-state index in [4.69, 9.17) is 24.8 Å². The molecule has 37 heavy (non-hydrogen) atoms. The first-order valence-electron chi connectivity index (χ1n) is 10.9. The van der Waals surface area contributed by atoms with Crippen molar-refractivity contribution in [3.8, 4) is 0 Å². The van der Waals surface area contributed by atoms with Crippen LogP contribution in [0.5, 0.6) is 0 Å². The van der Waals surface area contributed by atoms with Gasteiger partial charge in [0.25, 0.3) is 6.29 Å². The van der Waals surface area contributed by atoms with E-state index < -0.39 is 58.1 Å². The lowest BCUT2D eigenvalue weighted by Crippen LogP contribution is -2.30. The molecule has 0 spiro atoms. The lowest BCUT2D eigenvalue weighted by atomic mass is 10.4. The maximum Gasteiger partial charge on any atom is 0.511 e. The number of nitrogens with two attached hydrogens (primary N) is 1. The summed E-state index contributed by atoms with van der Waals surface area (Å²) in [6, 6.07) is 0. The van der Waals surface area contributed by atoms with E-state index in [1.807, 2.05) is 0 Å². The summed E-state index contributed by atoms with van der Waals surface area (Å²) in [7, 11) is -4.91. The van der Waals surface area contributed by atoms with Gasteiger partial charge in [0.1, 0.15) is 18.5 Å². The van der Waals surface area contributed by atoms with Gasteiger partial charge in [0, 0.05) is 0 Å². The molecule has 2 unspecified atom stereocenters. The minimum absolute atomic E-state index is 0.220. The summed E-state index contributed by atoms with van der Waals surface area (Å²) in [5.41, 5.74) is 6.68. The van der Waals surface area contributed by atoms with Crippen LogP contribution in [0.2, 0.25) is 0 Å². The summed E-state index contributed by atoms with van der Waals surface area (Å²) in [5, 5.41) is 0. The Hall–Kier alpha value is -3.08. The average molecular weight is 551 g/mol. The molecule has 2 rings (SSSR count). The number of anilines is 1. The number of nitrogens with zero attached hydrogens (tertiary/aromatic N) is 4. The molecule has 208 valence electrons. The minimum Gasteiger partial charge on any atom is -0.432 e. The number of phosphoric acid groups is 1. The highest BCUT2D eigenvalue weighted by molar-refractivity contribution is 7.47. The number of phosphoric ester groups is 1. The van der Waals surface area contributed by atoms with Crippen LogP contribution in [-0.4, -0.2) is 74.7 Å². The molecule has 0 saturated carbocycles. The number of rotatable bonds is 14. The molecule has 0 radical (unpaired) electrons. The van der Waals surface area contributed by atoms with Gasteiger partial charge in [-0.15, -0.1) is 4.67 Å². The lowest BCUT2D eigenvalue weighted by Gasteiger charge is -2.21. The van der Waals surface area contributed by atoms with E-state index in [1.165, 1.54) is 12.7 Å². The first-order chi connectivity index (χ1) is 17.4. The standard InChI is InChI=1S/C19H30N5O12P/c1-11(2)32-18(25)30-10-31-37(27,28)36-35-14(34-19(26)33-12(3)4)7-29-13(5)6-24-9-23-15-16(20)21-8-22-17(15)24/h8-9,11-14H,6-7,10H2,1-5H3,(H,27,28)(H2,20,21,22)/t13-,14?/m1/s1. The van der Waals surface area contributed by atoms with Crippen molar-refractivity contribution >= 4 is 37.1 Å². The second-order valence-electron chi connectivity index (χ2n) is 7.88. The van der Waals surface area contributed by atoms with E-state index in [0.717, 1.165) is 0 Å². The van der Waals surface area contributed by atoms with Crippen molar-refractivity contribution in [1.29, 1.82) is 0 Å². The molecule has 0 amide bonds. The average Bonchev–Trinajstić information content (AvgIpc) is 3.18. The zero-order valence-corrected chi connectivity index (χ0v) is 21.7. The predicted octanol–water partition coefficient (Wildman–Crippen LogP) is 2.29. The molecule has 0 saturated heterocycles. The fraction of sp³-hybridized carbons (Fsp3) is 0.632. The van der Waals surface area contributed by atoms with Gasteiger partial charge in [-0.1, -0.05) is 0 Å². The number of nitrogen functional groups attached to an aromatic ring is 1. The molecule has 2 heterocycles. The molecule has 0 aromatic carbocycles. The van der Waals surface area contributed by atoms with Crippen molar-refractivity contribution in [3.63, 3.8) is 0 Å². The molecule has 18 heteroatoms. The number of aromatic nitrogens is 4. The Morgan fingerprint density at radius 2 is 1.73 bits per heavy atom. The maximum absolute atomic E-state index is 12.0. The van der Waals surface area contributed by atoms with Crippen molar-refractivity contribution in [2.24, 2.45) is 0 Å². The summed E-state index contributed by atoms with van der Waals surface area (Å²) in [4.78, 5) is 49.8. The highest BCUT2D eigenvalue weighted by atomic mass is 31.2. The Morgan fingerprint density at radius 3 is 2.41 bits per heavy atom. The zero-order chi connectivity index (χ0) is 27.6. The first kappa shape index (κ1) is 30.1. The van der Waals surface area contributed by atoms with Crippen LogP contribution in [0.3, 0.4) is 0 Å². The first-order valence-corrected chi connectivity index (χ1v) is 12.4. The van der Waals surface area contributed by atoms with Gasteiger partial charge in [-0.25, -0.2) is 33.6 Å². The monoisotopic (exact) mass is 551 g/mol. The largest absolute Gasteiger partial charge is 0.511 e. The van der Waals surface area contributed by atoms with Gasteiger partial charge in [-0.05, 0) is 34.6 Å². The summed E-state index contributed by atoms with van der Waals surface area (Å²) in [5.74, 6) is 0.220. The smallest absolute Gasteiger partial charge is 0.432 e. The number of hydrogen-bond donors (Lipinski definition) is 2. The molecular weight excluding hydrogens is 521 g/mol. The summed E-state index contributed by atoms with van der Waals surface area (Å²) < 4.78 is 47.0. The number of fused-ring (bicyclic) bond motifs is 1. The third-order valence-corrected chi connectivity index (χ3v) is 4.64. The summed E-state index contributed by atoms with van der Waals surface area (Å²) in [6.45, 7) is 6.82. The summed E-state index contributed by atoms with van der Waals surface area (Å²) >= 11 is 0. The fourth-order valence-corrected chi connectivity index (χ4v) is 2.94. The Labute approximate surface area is 211 Å². The molecule has 3 N–H and O–H groups in total. The Bertz CT molecular complexity index is 1080. The van der Waals surface area contributed by atoms with Crippen molar-refractivity contribution in [1.82, 2.24) is 19.5 Å². The Kier molecular flexibility index (Phi) is 11.4. The fourth-order valence-electron chi connectivity index (χ4n) is 2.51. The molecule has 0 bridgehead atoms. The normalized spacial score (nSPS) is 14.8. The van der Waals surface area contributed by atoms with E-state index >= 15 is 0 Å². The van der Waals surface area contributed by atoms with Crippen LogP contribution in [0.15, 0.2) is 12.7 Å². The molecule has 0 aliphatic carbocycles. The second-order valence-corrected chi connectivity index (χ2v) is 9.23. The van der Waals surface area contributed by atoms with Crippen LogP contribution in [0, 0.1) is 0 Å². The Balaban J connectivity index is 1.92. The van der Waals surface area contributed by atoms with Crippen molar-refractivity contribution in [2.75, 3.05) is 19.1 Å². The van der Waals surface area contributed by atoms with Crippen LogP contribution in [0.1, 0.15) is 34.6 Å². The lowest BCUT2D eigenvalue weighted by molar-refractivity contribution is -0.330. The highest BCUT2D eigenvalue weighted by Crippen LogP contribution is 2.43. The predicted molar refractivity (Wildman–Crippen MR) is 122 cm³/mol. The number of carbonyl (C=O) groups is 2. The van der Waals surface area contributed by atoms with Gasteiger partial charge in [0.2, 0.25) is 6.79 Å². The molecule has 0 fully saturated rings. The van der Waals surface area contributed by atoms with E-state index in [-0.39, 0.29) is 12.4 Å². The molecule has 0 aliphatic heterocycles. The molecular formula is C19H30N5O12P. The van der Waals surface area contributed by atoms with Crippen molar-refractivity contribution in [3.05, 3.63) is 12.7 Å². The highest BCUT2D eigenvalue weighted by Gasteiger charge is 2.29. The van der Waals surface area contributed by atoms with E-state index in [2.05, 4.69) is 33.6 Å². The summed E-state index contributed by atoms with van der Waals surface area (Å²) in [6.07, 6.45) is -2.65. The zero-order valence-electron chi connectivity index (χ0n) is 20.8. The van der Waals surface area contributed by atoms with E-state index in [0.29, 0.717) is 11.2 Å². The molecule has 3 atom stereocenters. The van der Waals surface area contributed by atoms with Crippen LogP contribution in [0.25, 0.3) is 11.2 Å². The van der Waals surface area contributed by atoms with Gasteiger partial charge in [-0.3, -0.25) is 0 Å². The van der Waals surface area contributed by atoms with Crippen LogP contribution in [-0.2, 0) is 48.9 Å². The SMILES string of the molecule is CC(C)OC(=O)OCOP(=O)(O)OOC(CO[C@H](C)Cn1cnc2c(N)ncnc21)OC(=O)OC(C)C. The molecule has 2 aromatic rings. The maximum atomic E-state index is 12.0. The quantitative estimate of drug-likeness (QED) is 0.113. The topological polar surface area (TPSA) is 215 Å². The van der Waals surface area contributed by atoms with Gasteiger partial charge in [0.05, 0.1) is 31.2 Å². The van der Waals surface area contributed by atoms with E-state index in [9.17, 15) is 19.0 Å². The number of hydrogen-bond acceptors (Lipinski definition) is 15. The molecule has 2 aromatic heterocycles. The number of carbonyl (C=O) groups excluding carboxylic acids is 2. The van der Waals surface area contributed by atoms with E-state index in [1.54, 1.807) is 39.2 Å². The van der Waals surface area contributed by atoms with Crippen LogP contribution >= 0.6 is 7.82 Å². The van der Waals surface area contributed by atoms with Gasteiger partial charge in [-0.2, -0.15) is 4.89 Å². The van der Waals surface area contributed by atoms with Crippen molar-refractivity contribution in [2.45, 2.75) is 65.8 Å². The third-order valence-electron chi connectivity index (χ3n) is 3.93.